The molecule has 1 aromatic rings. The van der Waals surface area contributed by atoms with E-state index in [2.05, 4.69) is 26.2 Å². The lowest BCUT2D eigenvalue weighted by Gasteiger charge is -2.37. The maximum atomic E-state index is 4.38. The first-order valence-corrected chi connectivity index (χ1v) is 7.37. The lowest BCUT2D eigenvalue weighted by Crippen LogP contribution is -2.42. The zero-order valence-corrected chi connectivity index (χ0v) is 11.1. The van der Waals surface area contributed by atoms with Crippen LogP contribution in [0.5, 0.6) is 0 Å². The van der Waals surface area contributed by atoms with Crippen LogP contribution in [0.25, 0.3) is 0 Å². The van der Waals surface area contributed by atoms with E-state index in [1.165, 1.54) is 58.3 Å². The van der Waals surface area contributed by atoms with Crippen LogP contribution in [0.15, 0.2) is 18.5 Å². The van der Waals surface area contributed by atoms with Crippen LogP contribution < -0.4 is 5.32 Å². The van der Waals surface area contributed by atoms with Gasteiger partial charge in [0, 0.05) is 31.5 Å². The van der Waals surface area contributed by atoms with E-state index in [-0.39, 0.29) is 0 Å². The number of nitrogens with one attached hydrogen (secondary N) is 1. The maximum absolute atomic E-state index is 4.38. The summed E-state index contributed by atoms with van der Waals surface area (Å²) in [6.07, 6.45) is 10.5. The summed E-state index contributed by atoms with van der Waals surface area (Å²) in [4.78, 5) is 2.72. The molecule has 2 aliphatic rings. The number of piperidine rings is 1. The highest BCUT2D eigenvalue weighted by Gasteiger charge is 2.26. The largest absolute Gasteiger partial charge is 0.317 e. The molecule has 3 heterocycles. The first-order chi connectivity index (χ1) is 8.93. The molecule has 3 rings (SSSR count). The van der Waals surface area contributed by atoms with Crippen molar-refractivity contribution < 1.29 is 0 Å². The van der Waals surface area contributed by atoms with Crippen LogP contribution in [0.4, 0.5) is 0 Å². The molecule has 1 N–H and O–H groups in total. The lowest BCUT2D eigenvalue weighted by atomic mass is 10.00. The fraction of sp³-hybridized carbons (Fsp3) is 0.786. The van der Waals surface area contributed by atoms with E-state index in [9.17, 15) is 0 Å². The van der Waals surface area contributed by atoms with Gasteiger partial charge >= 0.3 is 0 Å². The maximum Gasteiger partial charge on any atom is 0.0543 e. The van der Waals surface area contributed by atoms with Crippen molar-refractivity contribution in [2.75, 3.05) is 26.2 Å². The van der Waals surface area contributed by atoms with Gasteiger partial charge in [0.25, 0.3) is 0 Å². The van der Waals surface area contributed by atoms with E-state index in [1.54, 1.807) is 0 Å². The van der Waals surface area contributed by atoms with Crippen molar-refractivity contribution >= 4 is 0 Å². The predicted octanol–water partition coefficient (Wildman–Crippen LogP) is 1.66. The van der Waals surface area contributed by atoms with Crippen LogP contribution in [0.1, 0.15) is 38.1 Å². The molecule has 1 aromatic heterocycles. The van der Waals surface area contributed by atoms with Crippen LogP contribution in [0.3, 0.4) is 0 Å². The Labute approximate surface area is 109 Å². The van der Waals surface area contributed by atoms with Gasteiger partial charge in [0.1, 0.15) is 0 Å². The zero-order valence-electron chi connectivity index (χ0n) is 11.1. The molecule has 18 heavy (non-hydrogen) atoms. The van der Waals surface area contributed by atoms with Gasteiger partial charge in [0.05, 0.1) is 6.04 Å². The minimum absolute atomic E-state index is 0.625. The quantitative estimate of drug-likeness (QED) is 0.864. The fourth-order valence-electron chi connectivity index (χ4n) is 3.38. The van der Waals surface area contributed by atoms with E-state index in [1.807, 2.05) is 12.3 Å². The standard InChI is InChI=1S/C14H24N4/c1-3-13(4-9-15-7-1)17-11-5-14(6-12-17)18-10-2-8-16-18/h2,8,10,13-15H,1,3-7,9,11-12H2/t13-/m0/s1. The number of hydrogen-bond donors (Lipinski definition) is 1. The third kappa shape index (κ3) is 2.75. The highest BCUT2D eigenvalue weighted by atomic mass is 15.3. The topological polar surface area (TPSA) is 33.1 Å². The van der Waals surface area contributed by atoms with E-state index < -0.39 is 0 Å². The molecule has 0 aromatic carbocycles. The van der Waals surface area contributed by atoms with E-state index in [0.29, 0.717) is 6.04 Å². The molecule has 0 amide bonds. The number of aromatic nitrogens is 2. The summed E-state index contributed by atoms with van der Waals surface area (Å²) in [5.41, 5.74) is 0. The second-order valence-corrected chi connectivity index (χ2v) is 5.59. The van der Waals surface area contributed by atoms with Crippen molar-refractivity contribution in [3.05, 3.63) is 18.5 Å². The van der Waals surface area contributed by atoms with Gasteiger partial charge in [-0.3, -0.25) is 4.68 Å². The Balaban J connectivity index is 1.53. The van der Waals surface area contributed by atoms with Crippen LogP contribution >= 0.6 is 0 Å². The lowest BCUT2D eigenvalue weighted by molar-refractivity contribution is 0.122. The summed E-state index contributed by atoms with van der Waals surface area (Å²) >= 11 is 0. The second-order valence-electron chi connectivity index (χ2n) is 5.59. The van der Waals surface area contributed by atoms with Crippen molar-refractivity contribution in [2.24, 2.45) is 0 Å². The molecule has 0 spiro atoms. The normalized spacial score (nSPS) is 28.1. The van der Waals surface area contributed by atoms with Gasteiger partial charge in [-0.15, -0.1) is 0 Å². The summed E-state index contributed by atoms with van der Waals surface area (Å²) in [6, 6.07) is 3.47. The van der Waals surface area contributed by atoms with Crippen molar-refractivity contribution in [1.82, 2.24) is 20.0 Å². The summed E-state index contributed by atoms with van der Waals surface area (Å²) in [6.45, 7) is 4.90. The highest BCUT2D eigenvalue weighted by Crippen LogP contribution is 2.25. The number of likely N-dealkylation sites (tertiary alicyclic amines) is 1. The Morgan fingerprint density at radius 1 is 1.00 bits per heavy atom. The Kier molecular flexibility index (Phi) is 3.96. The summed E-state index contributed by atoms with van der Waals surface area (Å²) < 4.78 is 2.14. The predicted molar refractivity (Wildman–Crippen MR) is 72.6 cm³/mol. The monoisotopic (exact) mass is 248 g/mol. The van der Waals surface area contributed by atoms with Gasteiger partial charge in [0.15, 0.2) is 0 Å². The second kappa shape index (κ2) is 5.85. The van der Waals surface area contributed by atoms with Crippen molar-refractivity contribution in [3.8, 4) is 0 Å². The molecule has 0 bridgehead atoms. The number of nitrogens with zero attached hydrogens (tertiary/aromatic N) is 3. The molecule has 2 fully saturated rings. The molecule has 0 unspecified atom stereocenters. The highest BCUT2D eigenvalue weighted by molar-refractivity contribution is 4.86. The van der Waals surface area contributed by atoms with E-state index >= 15 is 0 Å². The van der Waals surface area contributed by atoms with Gasteiger partial charge in [0.2, 0.25) is 0 Å². The summed E-state index contributed by atoms with van der Waals surface area (Å²) in [7, 11) is 0. The van der Waals surface area contributed by atoms with Crippen LogP contribution in [0, 0.1) is 0 Å². The first kappa shape index (κ1) is 12.2. The minimum atomic E-state index is 0.625. The Bertz CT molecular complexity index is 333. The van der Waals surface area contributed by atoms with Crippen molar-refractivity contribution in [1.29, 1.82) is 0 Å². The van der Waals surface area contributed by atoms with Crippen molar-refractivity contribution in [2.45, 2.75) is 44.2 Å². The molecule has 2 saturated heterocycles. The first-order valence-electron chi connectivity index (χ1n) is 7.37. The van der Waals surface area contributed by atoms with Crippen LogP contribution in [0.2, 0.25) is 0 Å². The number of hydrogen-bond acceptors (Lipinski definition) is 3. The van der Waals surface area contributed by atoms with Crippen molar-refractivity contribution in [3.63, 3.8) is 0 Å². The molecular weight excluding hydrogens is 224 g/mol. The number of rotatable bonds is 2. The Morgan fingerprint density at radius 3 is 2.67 bits per heavy atom. The average Bonchev–Trinajstić information content (AvgIpc) is 2.82. The molecule has 2 aliphatic heterocycles. The molecule has 0 aliphatic carbocycles. The smallest absolute Gasteiger partial charge is 0.0543 e. The van der Waals surface area contributed by atoms with Gasteiger partial charge in [-0.05, 0) is 51.3 Å². The summed E-state index contributed by atoms with van der Waals surface area (Å²) in [5.74, 6) is 0. The van der Waals surface area contributed by atoms with E-state index in [4.69, 9.17) is 0 Å². The Hall–Kier alpha value is -0.870. The minimum Gasteiger partial charge on any atom is -0.317 e. The van der Waals surface area contributed by atoms with Gasteiger partial charge < -0.3 is 10.2 Å². The third-order valence-electron chi connectivity index (χ3n) is 4.46. The SMILES string of the molecule is c1cnn(C2CCN([C@H]3CCCNCC3)CC2)c1. The molecule has 0 radical (unpaired) electrons. The molecular formula is C14H24N4. The van der Waals surface area contributed by atoms with Crippen LogP contribution in [-0.2, 0) is 0 Å². The zero-order chi connectivity index (χ0) is 12.2. The fourth-order valence-corrected chi connectivity index (χ4v) is 3.38. The molecule has 4 heteroatoms. The molecule has 1 atom stereocenters. The Morgan fingerprint density at radius 2 is 1.89 bits per heavy atom. The van der Waals surface area contributed by atoms with Gasteiger partial charge in [-0.2, -0.15) is 5.10 Å². The van der Waals surface area contributed by atoms with E-state index in [0.717, 1.165) is 6.04 Å². The summed E-state index contributed by atoms with van der Waals surface area (Å²) in [5, 5.41) is 7.89. The molecule has 4 nitrogen and oxygen atoms in total. The van der Waals surface area contributed by atoms with Gasteiger partial charge in [-0.1, -0.05) is 0 Å². The molecule has 100 valence electrons. The third-order valence-corrected chi connectivity index (χ3v) is 4.46. The average molecular weight is 248 g/mol. The molecule has 0 saturated carbocycles. The van der Waals surface area contributed by atoms with Gasteiger partial charge in [-0.25, -0.2) is 0 Å². The van der Waals surface area contributed by atoms with Crippen LogP contribution in [-0.4, -0.2) is 46.9 Å².